The highest BCUT2D eigenvalue weighted by atomic mass is 19.4. The predicted octanol–water partition coefficient (Wildman–Crippen LogP) is 3.20. The molecule has 2 aliphatic rings. The lowest BCUT2D eigenvalue weighted by Gasteiger charge is -2.58. The molecule has 0 radical (unpaired) electrons. The molecule has 0 bridgehead atoms. The van der Waals surface area contributed by atoms with Gasteiger partial charge < -0.3 is 20.1 Å². The van der Waals surface area contributed by atoms with Gasteiger partial charge in [-0.25, -0.2) is 9.31 Å². The Kier molecular flexibility index (Phi) is 4.87. The van der Waals surface area contributed by atoms with Crippen LogP contribution in [-0.4, -0.2) is 56.3 Å². The van der Waals surface area contributed by atoms with Crippen LogP contribution in [0.1, 0.15) is 28.8 Å². The molecule has 8 nitrogen and oxygen atoms in total. The number of nitrogens with one attached hydrogen (secondary N) is 2. The second-order valence-electron chi connectivity index (χ2n) is 9.09. The molecular weight excluding hydrogens is 437 g/mol. The zero-order chi connectivity index (χ0) is 23.4. The van der Waals surface area contributed by atoms with Crippen LogP contribution in [0.15, 0.2) is 42.9 Å². The molecule has 33 heavy (non-hydrogen) atoms. The highest BCUT2D eigenvalue weighted by molar-refractivity contribution is 6.00. The van der Waals surface area contributed by atoms with Crippen LogP contribution in [0.5, 0.6) is 0 Å². The van der Waals surface area contributed by atoms with Gasteiger partial charge in [-0.15, -0.1) is 0 Å². The number of hydrogen-bond donors (Lipinski definition) is 2. The summed E-state index contributed by atoms with van der Waals surface area (Å²) in [4.78, 5) is 26.9. The number of aryl methyl sites for hydroxylation is 1. The number of carbonyl (C=O) groups excluding carboxylic acids is 2. The molecule has 174 valence electrons. The summed E-state index contributed by atoms with van der Waals surface area (Å²) in [7, 11) is 1.87. The fourth-order valence-electron chi connectivity index (χ4n) is 4.97. The first-order chi connectivity index (χ1) is 15.6. The van der Waals surface area contributed by atoms with Crippen LogP contribution >= 0.6 is 0 Å². The number of carbonyl (C=O) groups is 2. The minimum atomic E-state index is -4.30. The van der Waals surface area contributed by atoms with Crippen LogP contribution in [0, 0.1) is 5.41 Å². The Balaban J connectivity index is 1.10. The van der Waals surface area contributed by atoms with E-state index in [4.69, 9.17) is 0 Å². The van der Waals surface area contributed by atoms with Gasteiger partial charge in [-0.2, -0.15) is 18.3 Å². The highest BCUT2D eigenvalue weighted by Crippen LogP contribution is 2.48. The summed E-state index contributed by atoms with van der Waals surface area (Å²) in [5, 5.41) is 9.68. The first kappa shape index (κ1) is 21.4. The molecule has 2 aromatic heterocycles. The number of urea groups is 1. The van der Waals surface area contributed by atoms with Gasteiger partial charge in [0.1, 0.15) is 11.2 Å². The van der Waals surface area contributed by atoms with Crippen LogP contribution in [0.3, 0.4) is 0 Å². The van der Waals surface area contributed by atoms with Gasteiger partial charge in [-0.1, -0.05) is 12.1 Å². The van der Waals surface area contributed by atoms with Gasteiger partial charge in [0, 0.05) is 49.7 Å². The van der Waals surface area contributed by atoms with E-state index in [0.717, 1.165) is 18.5 Å². The molecule has 1 aromatic carbocycles. The minimum Gasteiger partial charge on any atom is -0.337 e. The van der Waals surface area contributed by atoms with E-state index >= 15 is 0 Å². The Morgan fingerprint density at radius 3 is 2.70 bits per heavy atom. The van der Waals surface area contributed by atoms with Crippen molar-refractivity contribution in [3.05, 3.63) is 54.0 Å². The number of imidazole rings is 1. The van der Waals surface area contributed by atoms with Gasteiger partial charge in [0.2, 0.25) is 0 Å². The maximum absolute atomic E-state index is 12.9. The number of hydrogen-bond acceptors (Lipinski definition) is 3. The fourth-order valence-corrected chi connectivity index (χ4v) is 4.97. The van der Waals surface area contributed by atoms with E-state index in [1.54, 1.807) is 27.9 Å². The van der Waals surface area contributed by atoms with Gasteiger partial charge in [0.05, 0.1) is 12.6 Å². The monoisotopic (exact) mass is 460 g/mol. The average Bonchev–Trinajstić information content (AvgIpc) is 3.24. The largest absolute Gasteiger partial charge is 0.393 e. The van der Waals surface area contributed by atoms with Crippen LogP contribution < -0.4 is 10.6 Å². The Bertz CT molecular complexity index is 1220. The first-order valence-electron chi connectivity index (χ1n) is 10.6. The third-order valence-corrected chi connectivity index (χ3v) is 6.39. The maximum atomic E-state index is 12.9. The molecule has 0 unspecified atom stereocenters. The summed E-state index contributed by atoms with van der Waals surface area (Å²) in [6, 6.07) is 5.26. The summed E-state index contributed by atoms with van der Waals surface area (Å²) in [6.45, 7) is 1.26. The molecule has 1 saturated carbocycles. The molecule has 1 aliphatic carbocycles. The number of benzene rings is 1. The Morgan fingerprint density at radius 2 is 1.97 bits per heavy atom. The quantitative estimate of drug-likeness (QED) is 0.627. The number of halogens is 3. The number of nitrogens with zero attached hydrogens (tertiary/aromatic N) is 4. The number of rotatable bonds is 4. The van der Waals surface area contributed by atoms with Crippen molar-refractivity contribution >= 4 is 23.3 Å². The van der Waals surface area contributed by atoms with E-state index in [9.17, 15) is 22.8 Å². The summed E-state index contributed by atoms with van der Waals surface area (Å²) in [5.41, 5.74) is 1.74. The molecule has 3 aromatic rings. The summed E-state index contributed by atoms with van der Waals surface area (Å²) < 4.78 is 41.2. The zero-order valence-corrected chi connectivity index (χ0v) is 17.9. The Labute approximate surface area is 187 Å². The Hall–Kier alpha value is -3.50. The van der Waals surface area contributed by atoms with Crippen LogP contribution in [-0.2, 0) is 13.5 Å². The minimum absolute atomic E-state index is 0.0146. The number of likely N-dealkylation sites (tertiary alicyclic amines) is 1. The topological polar surface area (TPSA) is 83.7 Å². The molecule has 0 atom stereocenters. The zero-order valence-electron chi connectivity index (χ0n) is 17.9. The number of amides is 3. The number of fused-ring (bicyclic) bond motifs is 1. The van der Waals surface area contributed by atoms with Gasteiger partial charge in [-0.3, -0.25) is 4.79 Å². The molecular formula is C22H23F3N6O2. The molecule has 1 saturated heterocycles. The van der Waals surface area contributed by atoms with Crippen LogP contribution in [0.4, 0.5) is 23.7 Å². The molecule has 2 fully saturated rings. The smallest absolute Gasteiger partial charge is 0.337 e. The van der Waals surface area contributed by atoms with E-state index < -0.39 is 18.6 Å². The standard InChI is InChI=1S/C22H23F3N6O2/c1-29-5-6-31-18(29)17(11-26-31)19(32)30-12-21(13-30)9-16(10-21)28-20(33)27-15-4-2-3-14(7-15)8-22(23,24)25/h2-7,11,16H,8-10,12-13H2,1H3,(H2,27,28,33). The van der Waals surface area contributed by atoms with Gasteiger partial charge in [0.25, 0.3) is 5.91 Å². The summed E-state index contributed by atoms with van der Waals surface area (Å²) >= 11 is 0. The molecule has 5 rings (SSSR count). The van der Waals surface area contributed by atoms with Gasteiger partial charge in [-0.05, 0) is 30.5 Å². The fraction of sp³-hybridized carbons (Fsp3) is 0.409. The van der Waals surface area contributed by atoms with Crippen molar-refractivity contribution in [2.24, 2.45) is 12.5 Å². The van der Waals surface area contributed by atoms with E-state index in [0.29, 0.717) is 24.3 Å². The lowest BCUT2D eigenvalue weighted by Crippen LogP contribution is -2.67. The van der Waals surface area contributed by atoms with E-state index in [2.05, 4.69) is 15.7 Å². The van der Waals surface area contributed by atoms with Crippen LogP contribution in [0.25, 0.3) is 5.65 Å². The lowest BCUT2D eigenvalue weighted by molar-refractivity contribution is -0.127. The molecule has 3 heterocycles. The number of alkyl halides is 3. The van der Waals surface area contributed by atoms with Crippen LogP contribution in [0.2, 0.25) is 0 Å². The average molecular weight is 460 g/mol. The van der Waals surface area contributed by atoms with Crippen molar-refractivity contribution in [2.45, 2.75) is 31.5 Å². The van der Waals surface area contributed by atoms with Gasteiger partial charge in [0.15, 0.2) is 0 Å². The van der Waals surface area contributed by atoms with E-state index in [-0.39, 0.29) is 22.9 Å². The second-order valence-corrected chi connectivity index (χ2v) is 9.09. The lowest BCUT2D eigenvalue weighted by atomic mass is 9.60. The first-order valence-corrected chi connectivity index (χ1v) is 10.6. The second kappa shape index (κ2) is 7.53. The SMILES string of the molecule is Cn1ccn2ncc(C(=O)N3CC4(CC(NC(=O)Nc5cccc(CC(F)(F)F)c5)C4)C3)c12. The molecule has 2 N–H and O–H groups in total. The third kappa shape index (κ3) is 4.14. The molecule has 3 amide bonds. The third-order valence-electron chi connectivity index (χ3n) is 6.39. The van der Waals surface area contributed by atoms with E-state index in [1.165, 1.54) is 18.2 Å². The van der Waals surface area contributed by atoms with Crippen molar-refractivity contribution in [2.75, 3.05) is 18.4 Å². The normalized spacial score (nSPS) is 17.6. The van der Waals surface area contributed by atoms with Crippen molar-refractivity contribution in [1.29, 1.82) is 0 Å². The predicted molar refractivity (Wildman–Crippen MR) is 114 cm³/mol. The highest BCUT2D eigenvalue weighted by Gasteiger charge is 2.54. The summed E-state index contributed by atoms with van der Waals surface area (Å²) in [6.07, 6.45) is 1.39. The van der Waals surface area contributed by atoms with Crippen molar-refractivity contribution in [3.8, 4) is 0 Å². The Morgan fingerprint density at radius 1 is 1.21 bits per heavy atom. The van der Waals surface area contributed by atoms with Crippen molar-refractivity contribution < 1.29 is 22.8 Å². The van der Waals surface area contributed by atoms with Gasteiger partial charge >= 0.3 is 12.2 Å². The molecule has 1 spiro atoms. The van der Waals surface area contributed by atoms with Crippen molar-refractivity contribution in [3.63, 3.8) is 0 Å². The van der Waals surface area contributed by atoms with Crippen molar-refractivity contribution in [1.82, 2.24) is 24.4 Å². The maximum Gasteiger partial charge on any atom is 0.393 e. The molecule has 1 aliphatic heterocycles. The number of anilines is 1. The van der Waals surface area contributed by atoms with E-state index in [1.807, 2.05) is 17.8 Å². The summed E-state index contributed by atoms with van der Waals surface area (Å²) in [5.74, 6) is -0.0506. The molecule has 11 heteroatoms. The number of aromatic nitrogens is 3.